The van der Waals surface area contributed by atoms with Gasteiger partial charge in [-0.15, -0.1) is 13.2 Å². The lowest BCUT2D eigenvalue weighted by Gasteiger charge is -1.69. The molecule has 2 heteroatoms. The maximum atomic E-state index is 9.00. The third-order valence-corrected chi connectivity index (χ3v) is 0.667. The number of hydrogen-bond donors (Lipinski definition) is 1. The number of rotatable bonds is 0. The summed E-state index contributed by atoms with van der Waals surface area (Å²) in [6, 6.07) is 12.0. The molecule has 1 rings (SSSR count). The van der Waals surface area contributed by atoms with Gasteiger partial charge < -0.3 is 5.11 Å². The van der Waals surface area contributed by atoms with E-state index in [0.29, 0.717) is 0 Å². The van der Waals surface area contributed by atoms with Crippen molar-refractivity contribution in [3.05, 3.63) is 49.6 Å². The molecule has 0 bridgehead atoms. The van der Waals surface area contributed by atoms with Crippen molar-refractivity contribution in [2.45, 2.75) is 6.92 Å². The minimum atomic E-state index is -0.833. The van der Waals surface area contributed by atoms with Gasteiger partial charge in [0.2, 0.25) is 0 Å². The number of carboxylic acid groups (broad SMARTS) is 1. The van der Waals surface area contributed by atoms with Gasteiger partial charge in [-0.2, -0.15) is 0 Å². The van der Waals surface area contributed by atoms with Gasteiger partial charge >= 0.3 is 0 Å². The first-order valence-electron chi connectivity index (χ1n) is 3.43. The van der Waals surface area contributed by atoms with Crippen molar-refractivity contribution < 1.29 is 9.90 Å². The van der Waals surface area contributed by atoms with Crippen molar-refractivity contribution in [2.75, 3.05) is 0 Å². The summed E-state index contributed by atoms with van der Waals surface area (Å²) in [7, 11) is 0. The molecule has 2 nitrogen and oxygen atoms in total. The fourth-order valence-corrected chi connectivity index (χ4v) is 0.385. The molecule has 0 saturated heterocycles. The Labute approximate surface area is 73.2 Å². The summed E-state index contributed by atoms with van der Waals surface area (Å²) in [6.07, 6.45) is 0. The molecule has 0 aliphatic carbocycles. The number of carboxylic acids is 1. The SMILES string of the molecule is C=C.CC(=O)O.c1ccccc1. The van der Waals surface area contributed by atoms with Gasteiger partial charge in [0.15, 0.2) is 0 Å². The third-order valence-electron chi connectivity index (χ3n) is 0.667. The Kier molecular flexibility index (Phi) is 13.2. The zero-order valence-corrected chi connectivity index (χ0v) is 7.23. The van der Waals surface area contributed by atoms with E-state index in [1.54, 1.807) is 0 Å². The predicted octanol–water partition coefficient (Wildman–Crippen LogP) is 2.58. The predicted molar refractivity (Wildman–Crippen MR) is 51.0 cm³/mol. The lowest BCUT2D eigenvalue weighted by Crippen LogP contribution is -1.78. The highest BCUT2D eigenvalue weighted by molar-refractivity contribution is 5.62. The molecule has 0 heterocycles. The first-order valence-corrected chi connectivity index (χ1v) is 3.43. The van der Waals surface area contributed by atoms with Gasteiger partial charge in [-0.1, -0.05) is 36.4 Å². The van der Waals surface area contributed by atoms with E-state index < -0.39 is 5.97 Å². The van der Waals surface area contributed by atoms with Gasteiger partial charge in [0.25, 0.3) is 5.97 Å². The maximum absolute atomic E-state index is 9.00. The Morgan fingerprint density at radius 1 is 1.00 bits per heavy atom. The second-order valence-corrected chi connectivity index (χ2v) is 1.67. The summed E-state index contributed by atoms with van der Waals surface area (Å²) in [5.41, 5.74) is 0. The van der Waals surface area contributed by atoms with Gasteiger partial charge in [0, 0.05) is 6.92 Å². The van der Waals surface area contributed by atoms with Crippen molar-refractivity contribution in [2.24, 2.45) is 0 Å². The van der Waals surface area contributed by atoms with Gasteiger partial charge in [-0.3, -0.25) is 4.79 Å². The van der Waals surface area contributed by atoms with Crippen molar-refractivity contribution in [1.29, 1.82) is 0 Å². The average Bonchev–Trinajstić information content (AvgIpc) is 2.10. The van der Waals surface area contributed by atoms with Crippen LogP contribution in [0.25, 0.3) is 0 Å². The fraction of sp³-hybridized carbons (Fsp3) is 0.100. The van der Waals surface area contributed by atoms with Crippen molar-refractivity contribution in [3.63, 3.8) is 0 Å². The molecule has 0 radical (unpaired) electrons. The zero-order chi connectivity index (χ0) is 9.82. The van der Waals surface area contributed by atoms with Gasteiger partial charge in [0.05, 0.1) is 0 Å². The molecule has 0 aliphatic rings. The van der Waals surface area contributed by atoms with Crippen molar-refractivity contribution in [3.8, 4) is 0 Å². The van der Waals surface area contributed by atoms with E-state index in [0.717, 1.165) is 6.92 Å². The molecule has 1 N–H and O–H groups in total. The molecule has 0 aliphatic heterocycles. The highest BCUT2D eigenvalue weighted by atomic mass is 16.4. The number of benzene rings is 1. The first-order chi connectivity index (χ1) is 5.73. The largest absolute Gasteiger partial charge is 0.481 e. The molecular formula is C10H14O2. The first kappa shape index (κ1) is 13.1. The number of aliphatic carboxylic acids is 1. The van der Waals surface area contributed by atoms with Crippen LogP contribution in [0.3, 0.4) is 0 Å². The molecule has 12 heavy (non-hydrogen) atoms. The van der Waals surface area contributed by atoms with Crippen LogP contribution in [0, 0.1) is 0 Å². The lowest BCUT2D eigenvalue weighted by atomic mass is 10.4. The normalized spacial score (nSPS) is 6.42. The molecule has 0 unspecified atom stereocenters. The van der Waals surface area contributed by atoms with Crippen molar-refractivity contribution >= 4 is 5.97 Å². The van der Waals surface area contributed by atoms with E-state index >= 15 is 0 Å². The van der Waals surface area contributed by atoms with Gasteiger partial charge in [-0.25, -0.2) is 0 Å². The molecule has 0 saturated carbocycles. The topological polar surface area (TPSA) is 37.3 Å². The van der Waals surface area contributed by atoms with E-state index in [1.807, 2.05) is 36.4 Å². The Bertz CT molecular complexity index is 152. The molecule has 0 aromatic heterocycles. The van der Waals surface area contributed by atoms with E-state index in [1.165, 1.54) is 0 Å². The monoisotopic (exact) mass is 166 g/mol. The van der Waals surface area contributed by atoms with Gasteiger partial charge in [0.1, 0.15) is 0 Å². The number of carbonyl (C=O) groups is 1. The molecule has 1 aromatic carbocycles. The van der Waals surface area contributed by atoms with E-state index in [9.17, 15) is 0 Å². The molecule has 0 spiro atoms. The third kappa shape index (κ3) is 23.7. The summed E-state index contributed by atoms with van der Waals surface area (Å²) >= 11 is 0. The summed E-state index contributed by atoms with van der Waals surface area (Å²) in [5.74, 6) is -0.833. The summed E-state index contributed by atoms with van der Waals surface area (Å²) < 4.78 is 0. The number of hydrogen-bond acceptors (Lipinski definition) is 1. The van der Waals surface area contributed by atoms with Crippen LogP contribution < -0.4 is 0 Å². The summed E-state index contributed by atoms with van der Waals surface area (Å²) in [6.45, 7) is 7.08. The molecule has 0 amide bonds. The second kappa shape index (κ2) is 12.1. The average molecular weight is 166 g/mol. The Balaban J connectivity index is 0. The highest BCUT2D eigenvalue weighted by Gasteiger charge is 1.65. The smallest absolute Gasteiger partial charge is 0.300 e. The Morgan fingerprint density at radius 2 is 1.08 bits per heavy atom. The van der Waals surface area contributed by atoms with Crippen LogP contribution >= 0.6 is 0 Å². The quantitative estimate of drug-likeness (QED) is 0.601. The summed E-state index contributed by atoms with van der Waals surface area (Å²) in [5, 5.41) is 7.42. The second-order valence-electron chi connectivity index (χ2n) is 1.67. The van der Waals surface area contributed by atoms with E-state index in [4.69, 9.17) is 9.90 Å². The van der Waals surface area contributed by atoms with Crippen LogP contribution in [0.2, 0.25) is 0 Å². The highest BCUT2D eigenvalue weighted by Crippen LogP contribution is 1.79. The van der Waals surface area contributed by atoms with Gasteiger partial charge in [-0.05, 0) is 0 Å². The molecule has 0 atom stereocenters. The minimum Gasteiger partial charge on any atom is -0.481 e. The molecule has 0 fully saturated rings. The molecule has 1 aromatic rings. The van der Waals surface area contributed by atoms with Crippen LogP contribution in [0.15, 0.2) is 49.6 Å². The maximum Gasteiger partial charge on any atom is 0.300 e. The van der Waals surface area contributed by atoms with Crippen LogP contribution in [0.4, 0.5) is 0 Å². The molecule has 66 valence electrons. The van der Waals surface area contributed by atoms with Crippen LogP contribution in [-0.4, -0.2) is 11.1 Å². The lowest BCUT2D eigenvalue weighted by molar-refractivity contribution is -0.134. The minimum absolute atomic E-state index is 0.833. The Hall–Kier alpha value is -1.57. The zero-order valence-electron chi connectivity index (χ0n) is 7.23. The van der Waals surface area contributed by atoms with E-state index in [-0.39, 0.29) is 0 Å². The fourth-order valence-electron chi connectivity index (χ4n) is 0.385. The van der Waals surface area contributed by atoms with E-state index in [2.05, 4.69) is 13.2 Å². The molecular weight excluding hydrogens is 152 g/mol. The summed E-state index contributed by atoms with van der Waals surface area (Å²) in [4.78, 5) is 9.00. The van der Waals surface area contributed by atoms with Crippen LogP contribution in [0.5, 0.6) is 0 Å². The Morgan fingerprint density at radius 3 is 1.17 bits per heavy atom. The van der Waals surface area contributed by atoms with Crippen LogP contribution in [-0.2, 0) is 4.79 Å². The standard InChI is InChI=1S/C6H6.C2H4O2.C2H4/c1-2-4-6-5-3-1;1-2(3)4;1-2/h1-6H;1H3,(H,3,4);1-2H2. The van der Waals surface area contributed by atoms with Crippen molar-refractivity contribution in [1.82, 2.24) is 0 Å². The van der Waals surface area contributed by atoms with Crippen LogP contribution in [0.1, 0.15) is 6.92 Å².